The van der Waals surface area contributed by atoms with Crippen molar-refractivity contribution >= 4 is 33.2 Å². The number of hydrogen-bond donors (Lipinski definition) is 3. The summed E-state index contributed by atoms with van der Waals surface area (Å²) < 4.78 is 1.01. The summed E-state index contributed by atoms with van der Waals surface area (Å²) >= 11 is 4.97. The van der Waals surface area contributed by atoms with Gasteiger partial charge in [0.05, 0.1) is 27.0 Å². The first kappa shape index (κ1) is 15.9. The number of nitrogens with one attached hydrogen (secondary N) is 2. The van der Waals surface area contributed by atoms with E-state index in [9.17, 15) is 9.90 Å². The Kier molecular flexibility index (Phi) is 4.90. The summed E-state index contributed by atoms with van der Waals surface area (Å²) in [5.74, 6) is -0.328. The fourth-order valence-corrected chi connectivity index (χ4v) is 3.53. The van der Waals surface area contributed by atoms with Gasteiger partial charge in [0, 0.05) is 0 Å². The summed E-state index contributed by atoms with van der Waals surface area (Å²) in [5.41, 5.74) is 1.92. The van der Waals surface area contributed by atoms with Gasteiger partial charge in [-0.05, 0) is 39.7 Å². The van der Waals surface area contributed by atoms with E-state index < -0.39 is 6.04 Å². The van der Waals surface area contributed by atoms with Crippen molar-refractivity contribution in [2.45, 2.75) is 6.04 Å². The highest BCUT2D eigenvalue weighted by Gasteiger charge is 2.17. The van der Waals surface area contributed by atoms with Crippen LogP contribution in [-0.2, 0) is 0 Å². The number of carbonyl (C=O) groups excluding carboxylic acids is 1. The molecular weight excluding hydrogens is 378 g/mol. The normalized spacial score (nSPS) is 12.1. The number of rotatable bonds is 5. The Morgan fingerprint density at radius 2 is 2.09 bits per heavy atom. The molecule has 1 atom stereocenters. The van der Waals surface area contributed by atoms with Crippen molar-refractivity contribution in [2.24, 2.45) is 0 Å². The number of amides is 1. The number of hydrogen-bond acceptors (Lipinski definition) is 4. The van der Waals surface area contributed by atoms with Crippen LogP contribution in [0.3, 0.4) is 0 Å². The van der Waals surface area contributed by atoms with E-state index in [0.717, 1.165) is 19.9 Å². The summed E-state index contributed by atoms with van der Waals surface area (Å²) in [6, 6.07) is 14.5. The minimum absolute atomic E-state index is 0.176. The van der Waals surface area contributed by atoms with Crippen LogP contribution in [0.2, 0.25) is 0 Å². The Hall–Kier alpha value is -1.96. The van der Waals surface area contributed by atoms with E-state index >= 15 is 0 Å². The van der Waals surface area contributed by atoms with E-state index in [4.69, 9.17) is 0 Å². The average Bonchev–Trinajstić information content (AvgIpc) is 3.22. The number of halogens is 1. The van der Waals surface area contributed by atoms with Crippen molar-refractivity contribution in [3.05, 3.63) is 63.6 Å². The predicted octanol–water partition coefficient (Wildman–Crippen LogP) is 3.36. The molecule has 0 aliphatic heterocycles. The third-order valence-corrected chi connectivity index (χ3v) is 5.00. The molecule has 0 bridgehead atoms. The van der Waals surface area contributed by atoms with Gasteiger partial charge in [0.25, 0.3) is 5.91 Å². The van der Waals surface area contributed by atoms with Gasteiger partial charge in [-0.1, -0.05) is 30.3 Å². The number of aromatic nitrogens is 2. The Bertz CT molecular complexity index is 801. The molecular formula is C16H14BrN3O2S. The van der Waals surface area contributed by atoms with Crippen LogP contribution in [-0.4, -0.2) is 27.8 Å². The monoisotopic (exact) mass is 391 g/mol. The minimum atomic E-state index is -0.459. The number of nitrogens with zero attached hydrogens (tertiary/aromatic N) is 1. The van der Waals surface area contributed by atoms with Crippen molar-refractivity contribution in [3.8, 4) is 10.6 Å². The third-order valence-electron chi connectivity index (χ3n) is 3.34. The molecule has 5 nitrogen and oxygen atoms in total. The van der Waals surface area contributed by atoms with Gasteiger partial charge in [-0.15, -0.1) is 11.3 Å². The van der Waals surface area contributed by atoms with Crippen molar-refractivity contribution < 1.29 is 9.90 Å². The Morgan fingerprint density at radius 1 is 1.30 bits per heavy atom. The summed E-state index contributed by atoms with van der Waals surface area (Å²) in [7, 11) is 0. The van der Waals surface area contributed by atoms with E-state index in [0.29, 0.717) is 5.69 Å². The van der Waals surface area contributed by atoms with Crippen LogP contribution in [0.5, 0.6) is 0 Å². The Labute approximate surface area is 145 Å². The van der Waals surface area contributed by atoms with Crippen molar-refractivity contribution in [2.75, 3.05) is 6.61 Å². The van der Waals surface area contributed by atoms with Crippen molar-refractivity contribution in [3.63, 3.8) is 0 Å². The van der Waals surface area contributed by atoms with Gasteiger partial charge in [-0.2, -0.15) is 5.10 Å². The molecule has 0 spiro atoms. The van der Waals surface area contributed by atoms with Gasteiger partial charge < -0.3 is 10.4 Å². The fraction of sp³-hybridized carbons (Fsp3) is 0.125. The average molecular weight is 392 g/mol. The van der Waals surface area contributed by atoms with E-state index in [2.05, 4.69) is 31.4 Å². The minimum Gasteiger partial charge on any atom is -0.394 e. The van der Waals surface area contributed by atoms with Crippen molar-refractivity contribution in [1.82, 2.24) is 15.5 Å². The molecule has 7 heteroatoms. The molecule has 23 heavy (non-hydrogen) atoms. The lowest BCUT2D eigenvalue weighted by Crippen LogP contribution is -2.31. The zero-order valence-corrected chi connectivity index (χ0v) is 14.4. The molecule has 0 radical (unpaired) electrons. The van der Waals surface area contributed by atoms with Crippen LogP contribution in [0.25, 0.3) is 10.6 Å². The number of carbonyl (C=O) groups is 1. The van der Waals surface area contributed by atoms with Crippen LogP contribution in [0.4, 0.5) is 0 Å². The van der Waals surface area contributed by atoms with Crippen LogP contribution in [0.15, 0.2) is 52.3 Å². The standard InChI is InChI=1S/C16H14BrN3O2S/c17-15-7-6-14(23-15)11-8-12(20-19-11)16(22)18-13(9-21)10-4-2-1-3-5-10/h1-8,13,21H,9H2,(H,18,22)(H,19,20). The van der Waals surface area contributed by atoms with Crippen LogP contribution < -0.4 is 5.32 Å². The van der Waals surface area contributed by atoms with Crippen molar-refractivity contribution in [1.29, 1.82) is 0 Å². The summed E-state index contributed by atoms with van der Waals surface area (Å²) in [6.07, 6.45) is 0. The highest BCUT2D eigenvalue weighted by Crippen LogP contribution is 2.30. The van der Waals surface area contributed by atoms with Crippen LogP contribution in [0.1, 0.15) is 22.1 Å². The fourth-order valence-electron chi connectivity index (χ4n) is 2.18. The topological polar surface area (TPSA) is 78.0 Å². The molecule has 3 N–H and O–H groups in total. The molecule has 2 heterocycles. The maximum absolute atomic E-state index is 12.3. The lowest BCUT2D eigenvalue weighted by atomic mass is 10.1. The van der Waals surface area contributed by atoms with E-state index in [-0.39, 0.29) is 12.5 Å². The molecule has 1 amide bonds. The van der Waals surface area contributed by atoms with Gasteiger partial charge in [0.2, 0.25) is 0 Å². The number of thiophene rings is 1. The Morgan fingerprint density at radius 3 is 2.74 bits per heavy atom. The number of aliphatic hydroxyl groups is 1. The lowest BCUT2D eigenvalue weighted by molar-refractivity contribution is 0.0911. The van der Waals surface area contributed by atoms with Gasteiger partial charge in [-0.3, -0.25) is 9.89 Å². The van der Waals surface area contributed by atoms with Crippen LogP contribution >= 0.6 is 27.3 Å². The zero-order chi connectivity index (χ0) is 16.2. The second-order valence-electron chi connectivity index (χ2n) is 4.89. The first-order valence-corrected chi connectivity index (χ1v) is 8.56. The quantitative estimate of drug-likeness (QED) is 0.623. The molecule has 3 rings (SSSR count). The maximum atomic E-state index is 12.3. The smallest absolute Gasteiger partial charge is 0.272 e. The third kappa shape index (κ3) is 3.69. The second-order valence-corrected chi connectivity index (χ2v) is 7.35. The van der Waals surface area contributed by atoms with Gasteiger partial charge in [0.1, 0.15) is 0 Å². The van der Waals surface area contributed by atoms with Gasteiger partial charge in [-0.25, -0.2) is 0 Å². The Balaban J connectivity index is 1.74. The highest BCUT2D eigenvalue weighted by atomic mass is 79.9. The maximum Gasteiger partial charge on any atom is 0.272 e. The van der Waals surface area contributed by atoms with E-state index in [1.807, 2.05) is 42.5 Å². The molecule has 0 aliphatic rings. The molecule has 118 valence electrons. The predicted molar refractivity (Wildman–Crippen MR) is 93.3 cm³/mol. The second kappa shape index (κ2) is 7.08. The molecule has 1 aromatic carbocycles. The number of aliphatic hydroxyl groups excluding tert-OH is 1. The molecule has 0 fully saturated rings. The first-order chi connectivity index (χ1) is 11.2. The summed E-state index contributed by atoms with van der Waals surface area (Å²) in [6.45, 7) is -0.176. The number of benzene rings is 1. The SMILES string of the molecule is O=C(NC(CO)c1ccccc1)c1cc(-c2ccc(Br)s2)[nH]n1. The molecule has 3 aromatic rings. The lowest BCUT2D eigenvalue weighted by Gasteiger charge is -2.15. The largest absolute Gasteiger partial charge is 0.394 e. The molecule has 0 saturated carbocycles. The number of H-pyrrole nitrogens is 1. The van der Waals surface area contributed by atoms with Gasteiger partial charge in [0.15, 0.2) is 5.69 Å². The molecule has 0 saturated heterocycles. The van der Waals surface area contributed by atoms with E-state index in [1.165, 1.54) is 0 Å². The first-order valence-electron chi connectivity index (χ1n) is 6.95. The summed E-state index contributed by atoms with van der Waals surface area (Å²) in [4.78, 5) is 13.3. The van der Waals surface area contributed by atoms with Crippen LogP contribution in [0, 0.1) is 0 Å². The molecule has 0 aliphatic carbocycles. The highest BCUT2D eigenvalue weighted by molar-refractivity contribution is 9.11. The zero-order valence-electron chi connectivity index (χ0n) is 12.0. The van der Waals surface area contributed by atoms with E-state index in [1.54, 1.807) is 17.4 Å². The molecule has 2 aromatic heterocycles. The van der Waals surface area contributed by atoms with Gasteiger partial charge >= 0.3 is 0 Å². The molecule has 1 unspecified atom stereocenters. The number of aromatic amines is 1. The summed E-state index contributed by atoms with van der Waals surface area (Å²) in [5, 5.41) is 19.2.